The number of nitrogens with one attached hydrogen (secondary N) is 2. The van der Waals surface area contributed by atoms with Crippen molar-refractivity contribution in [2.24, 2.45) is 5.92 Å². The standard InChI is InChI=1S/C30H49N3O4/c1-10-14-22(6)31-27(34)26(24-20(4)15-12-16-21(24)5)33(23-17-13-18-23)28(35)25(19(3)11-2)32-29(36)37-30(7,8)9/h12,15-16,19,22-23,25-26H,10-11,13-14,17-18H2,1-9H3,(H,31,34)(H,32,36). The largest absolute Gasteiger partial charge is 0.444 e. The molecule has 0 spiro atoms. The van der Waals surface area contributed by atoms with Crippen molar-refractivity contribution in [2.75, 3.05) is 0 Å². The molecule has 0 bridgehead atoms. The van der Waals surface area contributed by atoms with Gasteiger partial charge >= 0.3 is 6.09 Å². The lowest BCUT2D eigenvalue weighted by atomic mass is 9.85. The zero-order chi connectivity index (χ0) is 27.9. The fourth-order valence-electron chi connectivity index (χ4n) is 4.94. The normalized spacial score (nSPS) is 17.1. The van der Waals surface area contributed by atoms with E-state index in [4.69, 9.17) is 4.74 Å². The molecule has 2 rings (SSSR count). The van der Waals surface area contributed by atoms with Crippen LogP contribution in [0.4, 0.5) is 4.79 Å². The van der Waals surface area contributed by atoms with Crippen LogP contribution in [0, 0.1) is 19.8 Å². The smallest absolute Gasteiger partial charge is 0.408 e. The number of carbonyl (C=O) groups is 3. The monoisotopic (exact) mass is 515 g/mol. The third-order valence-electron chi connectivity index (χ3n) is 7.33. The molecule has 0 aliphatic heterocycles. The number of hydrogen-bond acceptors (Lipinski definition) is 4. The van der Waals surface area contributed by atoms with E-state index in [1.165, 1.54) is 0 Å². The van der Waals surface area contributed by atoms with Crippen LogP contribution in [-0.2, 0) is 14.3 Å². The summed E-state index contributed by atoms with van der Waals surface area (Å²) < 4.78 is 5.50. The molecule has 7 nitrogen and oxygen atoms in total. The number of nitrogens with zero attached hydrogens (tertiary/aromatic N) is 1. The minimum Gasteiger partial charge on any atom is -0.444 e. The van der Waals surface area contributed by atoms with Gasteiger partial charge in [0.2, 0.25) is 11.8 Å². The lowest BCUT2D eigenvalue weighted by Crippen LogP contribution is -2.59. The van der Waals surface area contributed by atoms with Gasteiger partial charge in [0.15, 0.2) is 0 Å². The molecule has 1 aromatic carbocycles. The third kappa shape index (κ3) is 8.21. The van der Waals surface area contributed by atoms with E-state index in [1.807, 2.05) is 52.8 Å². The molecular formula is C30H49N3O4. The minimum absolute atomic E-state index is 0.00656. The number of amides is 3. The molecule has 2 N–H and O–H groups in total. The van der Waals surface area contributed by atoms with Crippen LogP contribution >= 0.6 is 0 Å². The molecule has 4 atom stereocenters. The van der Waals surface area contributed by atoms with Gasteiger partial charge in [-0.3, -0.25) is 9.59 Å². The Morgan fingerprint density at radius 3 is 2.11 bits per heavy atom. The molecule has 0 heterocycles. The molecular weight excluding hydrogens is 466 g/mol. The van der Waals surface area contributed by atoms with Crippen molar-refractivity contribution in [3.05, 3.63) is 34.9 Å². The molecule has 0 aromatic heterocycles. The summed E-state index contributed by atoms with van der Waals surface area (Å²) in [7, 11) is 0. The fraction of sp³-hybridized carbons (Fsp3) is 0.700. The van der Waals surface area contributed by atoms with E-state index in [0.717, 1.165) is 48.8 Å². The summed E-state index contributed by atoms with van der Waals surface area (Å²) in [6.45, 7) is 17.4. The number of alkyl carbamates (subject to hydrolysis) is 1. The summed E-state index contributed by atoms with van der Waals surface area (Å²) >= 11 is 0. The number of aryl methyl sites for hydroxylation is 2. The van der Waals surface area contributed by atoms with E-state index in [0.29, 0.717) is 6.42 Å². The van der Waals surface area contributed by atoms with Crippen LogP contribution in [0.15, 0.2) is 18.2 Å². The van der Waals surface area contributed by atoms with Gasteiger partial charge in [-0.1, -0.05) is 51.8 Å². The summed E-state index contributed by atoms with van der Waals surface area (Å²) in [5.74, 6) is -0.530. The van der Waals surface area contributed by atoms with Crippen molar-refractivity contribution in [1.29, 1.82) is 0 Å². The Labute approximate surface area is 224 Å². The van der Waals surface area contributed by atoms with Gasteiger partial charge in [-0.25, -0.2) is 4.79 Å². The van der Waals surface area contributed by atoms with Crippen LogP contribution in [0.1, 0.15) is 110 Å². The van der Waals surface area contributed by atoms with Crippen LogP contribution < -0.4 is 10.6 Å². The average molecular weight is 516 g/mol. The first-order valence-corrected chi connectivity index (χ1v) is 14.0. The molecule has 4 unspecified atom stereocenters. The van der Waals surface area contributed by atoms with Crippen LogP contribution in [0.5, 0.6) is 0 Å². The van der Waals surface area contributed by atoms with Gasteiger partial charge in [0.25, 0.3) is 0 Å². The molecule has 3 amide bonds. The topological polar surface area (TPSA) is 87.7 Å². The van der Waals surface area contributed by atoms with E-state index in [1.54, 1.807) is 25.7 Å². The van der Waals surface area contributed by atoms with Crippen molar-refractivity contribution in [3.8, 4) is 0 Å². The highest BCUT2D eigenvalue weighted by Crippen LogP contribution is 2.37. The molecule has 1 aromatic rings. The maximum absolute atomic E-state index is 14.4. The van der Waals surface area contributed by atoms with Crippen molar-refractivity contribution >= 4 is 17.9 Å². The second-order valence-corrected chi connectivity index (χ2v) is 11.7. The first kappa shape index (κ1) is 30.7. The Hall–Kier alpha value is -2.57. The lowest BCUT2D eigenvalue weighted by Gasteiger charge is -2.45. The Kier molecular flexibility index (Phi) is 11.0. The quantitative estimate of drug-likeness (QED) is 0.380. The van der Waals surface area contributed by atoms with Gasteiger partial charge in [0.1, 0.15) is 17.7 Å². The van der Waals surface area contributed by atoms with Gasteiger partial charge < -0.3 is 20.3 Å². The maximum atomic E-state index is 14.4. The van der Waals surface area contributed by atoms with Crippen molar-refractivity contribution < 1.29 is 19.1 Å². The summed E-state index contributed by atoms with van der Waals surface area (Å²) in [5, 5.41) is 6.04. The van der Waals surface area contributed by atoms with Crippen LogP contribution in [0.3, 0.4) is 0 Å². The second kappa shape index (κ2) is 13.3. The van der Waals surface area contributed by atoms with Crippen LogP contribution in [-0.4, -0.2) is 46.5 Å². The predicted molar refractivity (Wildman–Crippen MR) is 148 cm³/mol. The summed E-state index contributed by atoms with van der Waals surface area (Å²) in [6, 6.07) is 4.32. The molecule has 1 aliphatic rings. The highest BCUT2D eigenvalue weighted by molar-refractivity contribution is 5.93. The fourth-order valence-corrected chi connectivity index (χ4v) is 4.94. The number of ether oxygens (including phenoxy) is 1. The first-order chi connectivity index (χ1) is 17.3. The highest BCUT2D eigenvalue weighted by atomic mass is 16.6. The van der Waals surface area contributed by atoms with Crippen LogP contribution in [0.25, 0.3) is 0 Å². The van der Waals surface area contributed by atoms with E-state index in [2.05, 4.69) is 17.6 Å². The summed E-state index contributed by atoms with van der Waals surface area (Å²) in [6.07, 6.45) is 4.57. The zero-order valence-corrected chi connectivity index (χ0v) is 24.4. The molecule has 1 saturated carbocycles. The van der Waals surface area contributed by atoms with E-state index >= 15 is 0 Å². The number of rotatable bonds is 11. The summed E-state index contributed by atoms with van der Waals surface area (Å²) in [5.41, 5.74) is 2.13. The van der Waals surface area contributed by atoms with E-state index in [9.17, 15) is 14.4 Å². The maximum Gasteiger partial charge on any atom is 0.408 e. The average Bonchev–Trinajstić information content (AvgIpc) is 2.75. The number of benzene rings is 1. The zero-order valence-electron chi connectivity index (χ0n) is 24.4. The second-order valence-electron chi connectivity index (χ2n) is 11.7. The molecule has 1 fully saturated rings. The summed E-state index contributed by atoms with van der Waals surface area (Å²) in [4.78, 5) is 43.0. The van der Waals surface area contributed by atoms with Gasteiger partial charge in [-0.15, -0.1) is 0 Å². The van der Waals surface area contributed by atoms with Crippen molar-refractivity contribution in [3.63, 3.8) is 0 Å². The van der Waals surface area contributed by atoms with Crippen molar-refractivity contribution in [2.45, 2.75) is 131 Å². The van der Waals surface area contributed by atoms with E-state index < -0.39 is 23.8 Å². The van der Waals surface area contributed by atoms with Gasteiger partial charge in [-0.2, -0.15) is 0 Å². The number of hydrogen-bond donors (Lipinski definition) is 2. The van der Waals surface area contributed by atoms with Crippen LogP contribution in [0.2, 0.25) is 0 Å². The predicted octanol–water partition coefficient (Wildman–Crippen LogP) is 5.97. The van der Waals surface area contributed by atoms with Gasteiger partial charge in [0, 0.05) is 12.1 Å². The Bertz CT molecular complexity index is 915. The third-order valence-corrected chi connectivity index (χ3v) is 7.33. The molecule has 1 aliphatic carbocycles. The Morgan fingerprint density at radius 1 is 1.05 bits per heavy atom. The molecule has 37 heavy (non-hydrogen) atoms. The Morgan fingerprint density at radius 2 is 1.65 bits per heavy atom. The highest BCUT2D eigenvalue weighted by Gasteiger charge is 2.44. The van der Waals surface area contributed by atoms with Gasteiger partial charge in [0.05, 0.1) is 0 Å². The Balaban J connectivity index is 2.58. The molecule has 0 radical (unpaired) electrons. The van der Waals surface area contributed by atoms with E-state index in [-0.39, 0.29) is 29.8 Å². The molecule has 7 heteroatoms. The first-order valence-electron chi connectivity index (χ1n) is 14.0. The van der Waals surface area contributed by atoms with Crippen molar-refractivity contribution in [1.82, 2.24) is 15.5 Å². The number of carbonyl (C=O) groups excluding carboxylic acids is 3. The molecule has 208 valence electrons. The van der Waals surface area contributed by atoms with Gasteiger partial charge in [-0.05, 0) is 89.8 Å². The SMILES string of the molecule is CCCC(C)NC(=O)C(c1c(C)cccc1C)N(C(=O)C(NC(=O)OC(C)(C)C)C(C)CC)C1CCC1. The minimum atomic E-state index is -0.798. The lowest BCUT2D eigenvalue weighted by molar-refractivity contribution is -0.148. The molecule has 0 saturated heterocycles.